The lowest BCUT2D eigenvalue weighted by Gasteiger charge is -1.98. The van der Waals surface area contributed by atoms with Crippen molar-refractivity contribution in [2.45, 2.75) is 9.79 Å². The molecule has 0 heterocycles. The second-order valence-electron chi connectivity index (χ2n) is 2.45. The quantitative estimate of drug-likeness (QED) is 0.734. The van der Waals surface area contributed by atoms with E-state index in [0.29, 0.717) is 0 Å². The molecule has 0 aromatic heterocycles. The molecule has 2 N–H and O–H groups in total. The molecule has 5 nitrogen and oxygen atoms in total. The molecule has 14 heavy (non-hydrogen) atoms. The SMILES string of the molecule is NS(=O)(=O)c1ccc(S(=O)(=O)F)cc1. The first-order chi connectivity index (χ1) is 6.21. The Hall–Kier alpha value is -0.990. The van der Waals surface area contributed by atoms with Gasteiger partial charge in [0.05, 0.1) is 9.79 Å². The van der Waals surface area contributed by atoms with Gasteiger partial charge in [0.15, 0.2) is 0 Å². The Balaban J connectivity index is 3.28. The summed E-state index contributed by atoms with van der Waals surface area (Å²) < 4.78 is 54.5. The summed E-state index contributed by atoms with van der Waals surface area (Å²) >= 11 is 0. The number of rotatable bonds is 2. The molecule has 1 aromatic rings. The van der Waals surface area contributed by atoms with Crippen LogP contribution in [0.25, 0.3) is 0 Å². The van der Waals surface area contributed by atoms with E-state index in [1.54, 1.807) is 0 Å². The largest absolute Gasteiger partial charge is 0.332 e. The van der Waals surface area contributed by atoms with E-state index in [0.717, 1.165) is 24.3 Å². The summed E-state index contributed by atoms with van der Waals surface area (Å²) in [6.45, 7) is 0. The summed E-state index contributed by atoms with van der Waals surface area (Å²) in [5, 5.41) is 4.74. The number of benzene rings is 1. The number of hydrogen-bond acceptors (Lipinski definition) is 4. The van der Waals surface area contributed by atoms with Crippen LogP contribution >= 0.6 is 0 Å². The molecule has 0 spiro atoms. The van der Waals surface area contributed by atoms with Crippen molar-refractivity contribution >= 4 is 20.2 Å². The zero-order valence-corrected chi connectivity index (χ0v) is 8.35. The van der Waals surface area contributed by atoms with E-state index in [4.69, 9.17) is 5.14 Å². The average molecular weight is 239 g/mol. The maximum absolute atomic E-state index is 12.3. The highest BCUT2D eigenvalue weighted by atomic mass is 32.3. The topological polar surface area (TPSA) is 94.3 Å². The smallest absolute Gasteiger partial charge is 0.225 e. The molecule has 0 saturated heterocycles. The van der Waals surface area contributed by atoms with Gasteiger partial charge in [-0.3, -0.25) is 0 Å². The zero-order valence-electron chi connectivity index (χ0n) is 6.71. The summed E-state index contributed by atoms with van der Waals surface area (Å²) in [5.74, 6) is 0. The Bertz CT molecular complexity index is 481. The molecular weight excluding hydrogens is 233 g/mol. The fraction of sp³-hybridized carbons (Fsp3) is 0. The highest BCUT2D eigenvalue weighted by Gasteiger charge is 2.13. The van der Waals surface area contributed by atoms with E-state index in [-0.39, 0.29) is 4.90 Å². The first kappa shape index (κ1) is 11.1. The van der Waals surface area contributed by atoms with Crippen LogP contribution in [0.2, 0.25) is 0 Å². The van der Waals surface area contributed by atoms with Crippen LogP contribution in [-0.4, -0.2) is 16.8 Å². The third kappa shape index (κ3) is 2.50. The molecule has 0 atom stereocenters. The normalized spacial score (nSPS) is 12.7. The molecule has 0 aliphatic heterocycles. The third-order valence-electron chi connectivity index (χ3n) is 1.43. The van der Waals surface area contributed by atoms with E-state index < -0.39 is 25.1 Å². The minimum absolute atomic E-state index is 0.273. The van der Waals surface area contributed by atoms with Crippen LogP contribution in [0.5, 0.6) is 0 Å². The van der Waals surface area contributed by atoms with E-state index in [1.807, 2.05) is 0 Å². The van der Waals surface area contributed by atoms with Gasteiger partial charge in [-0.1, -0.05) is 0 Å². The molecule has 0 bridgehead atoms. The summed E-state index contributed by atoms with van der Waals surface area (Å²) in [7, 11) is -8.68. The van der Waals surface area contributed by atoms with Crippen LogP contribution in [0, 0.1) is 0 Å². The molecule has 8 heteroatoms. The lowest BCUT2D eigenvalue weighted by Crippen LogP contribution is -2.12. The van der Waals surface area contributed by atoms with Crippen molar-refractivity contribution in [2.75, 3.05) is 0 Å². The van der Waals surface area contributed by atoms with Crippen molar-refractivity contribution in [2.24, 2.45) is 5.14 Å². The minimum atomic E-state index is -4.80. The van der Waals surface area contributed by atoms with Crippen molar-refractivity contribution < 1.29 is 20.7 Å². The minimum Gasteiger partial charge on any atom is -0.225 e. The van der Waals surface area contributed by atoms with E-state index in [1.165, 1.54) is 0 Å². The molecule has 1 aromatic carbocycles. The number of nitrogens with two attached hydrogens (primary N) is 1. The van der Waals surface area contributed by atoms with Crippen LogP contribution < -0.4 is 5.14 Å². The van der Waals surface area contributed by atoms with Gasteiger partial charge in [-0.15, -0.1) is 3.89 Å². The number of primary sulfonamides is 1. The monoisotopic (exact) mass is 239 g/mol. The lowest BCUT2D eigenvalue weighted by atomic mass is 10.4. The predicted octanol–water partition coefficient (Wildman–Crippen LogP) is -0.00780. The Labute approximate surface area is 80.6 Å². The second-order valence-corrected chi connectivity index (χ2v) is 5.36. The maximum Gasteiger partial charge on any atom is 0.332 e. The predicted molar refractivity (Wildman–Crippen MR) is 46.1 cm³/mol. The highest BCUT2D eigenvalue weighted by molar-refractivity contribution is 7.89. The number of halogens is 1. The van der Waals surface area contributed by atoms with Crippen molar-refractivity contribution in [1.82, 2.24) is 0 Å². The average Bonchev–Trinajstić information content (AvgIpc) is 2.01. The van der Waals surface area contributed by atoms with Crippen molar-refractivity contribution in [1.29, 1.82) is 0 Å². The molecule has 0 unspecified atom stereocenters. The molecule has 1 rings (SSSR count). The van der Waals surface area contributed by atoms with Crippen LogP contribution in [0.1, 0.15) is 0 Å². The first-order valence-electron chi connectivity index (χ1n) is 3.29. The van der Waals surface area contributed by atoms with Gasteiger partial charge < -0.3 is 0 Å². The molecule has 0 aliphatic carbocycles. The second kappa shape index (κ2) is 3.30. The Morgan fingerprint density at radius 1 is 0.929 bits per heavy atom. The van der Waals surface area contributed by atoms with E-state index >= 15 is 0 Å². The molecule has 0 radical (unpaired) electrons. The number of hydrogen-bond donors (Lipinski definition) is 1. The Morgan fingerprint density at radius 2 is 1.29 bits per heavy atom. The zero-order chi connectivity index (χ0) is 11.0. The van der Waals surface area contributed by atoms with Crippen molar-refractivity contribution in [3.05, 3.63) is 24.3 Å². The maximum atomic E-state index is 12.3. The summed E-state index contributed by atoms with van der Waals surface area (Å²) in [5.41, 5.74) is 0. The Kier molecular flexibility index (Phi) is 2.61. The van der Waals surface area contributed by atoms with Crippen LogP contribution in [0.4, 0.5) is 3.89 Å². The van der Waals surface area contributed by atoms with Crippen molar-refractivity contribution in [3.8, 4) is 0 Å². The highest BCUT2D eigenvalue weighted by Crippen LogP contribution is 2.14. The fourth-order valence-corrected chi connectivity index (χ4v) is 1.77. The van der Waals surface area contributed by atoms with Gasteiger partial charge in [-0.25, -0.2) is 13.6 Å². The molecule has 0 aliphatic rings. The third-order valence-corrected chi connectivity index (χ3v) is 3.20. The fourth-order valence-electron chi connectivity index (χ4n) is 0.792. The van der Waals surface area contributed by atoms with Gasteiger partial charge >= 0.3 is 10.2 Å². The van der Waals surface area contributed by atoms with E-state index in [9.17, 15) is 20.7 Å². The Morgan fingerprint density at radius 3 is 1.57 bits per heavy atom. The summed E-state index contributed by atoms with van der Waals surface area (Å²) in [6, 6.07) is 3.49. The molecule has 0 amide bonds. The van der Waals surface area contributed by atoms with Crippen LogP contribution in [0.3, 0.4) is 0 Å². The molecule has 78 valence electrons. The van der Waals surface area contributed by atoms with Gasteiger partial charge in [0.2, 0.25) is 10.0 Å². The van der Waals surface area contributed by atoms with Gasteiger partial charge in [-0.05, 0) is 24.3 Å². The summed E-state index contributed by atoms with van der Waals surface area (Å²) in [4.78, 5) is -0.880. The van der Waals surface area contributed by atoms with Crippen molar-refractivity contribution in [3.63, 3.8) is 0 Å². The van der Waals surface area contributed by atoms with Gasteiger partial charge in [-0.2, -0.15) is 8.42 Å². The summed E-state index contributed by atoms with van der Waals surface area (Å²) in [6.07, 6.45) is 0. The van der Waals surface area contributed by atoms with Gasteiger partial charge in [0.25, 0.3) is 0 Å². The van der Waals surface area contributed by atoms with Crippen LogP contribution in [0.15, 0.2) is 34.1 Å². The van der Waals surface area contributed by atoms with Gasteiger partial charge in [0.1, 0.15) is 0 Å². The molecule has 0 saturated carbocycles. The van der Waals surface area contributed by atoms with Gasteiger partial charge in [0, 0.05) is 0 Å². The molecule has 0 fully saturated rings. The molecular formula is C6H6FNO4S2. The number of sulfonamides is 1. The van der Waals surface area contributed by atoms with Crippen LogP contribution in [-0.2, 0) is 20.2 Å². The van der Waals surface area contributed by atoms with E-state index in [2.05, 4.69) is 0 Å². The first-order valence-corrected chi connectivity index (χ1v) is 6.22. The lowest BCUT2D eigenvalue weighted by molar-refractivity contribution is 0.551. The standard InChI is InChI=1S/C6H6FNO4S2/c7-13(9,10)5-1-3-6(4-2-5)14(8,11)12/h1-4H,(H2,8,11,12).